The van der Waals surface area contributed by atoms with Crippen LogP contribution in [-0.4, -0.2) is 29.0 Å². The van der Waals surface area contributed by atoms with Gasteiger partial charge in [-0.1, -0.05) is 12.1 Å². The lowest BCUT2D eigenvalue weighted by Crippen LogP contribution is -2.48. The maximum Gasteiger partial charge on any atom is 0.322 e. The summed E-state index contributed by atoms with van der Waals surface area (Å²) >= 11 is 4.26. The summed E-state index contributed by atoms with van der Waals surface area (Å²) in [5.74, 6) is -0.328. The number of ether oxygens (including phenoxy) is 1. The first-order chi connectivity index (χ1) is 8.75. The van der Waals surface area contributed by atoms with Crippen LogP contribution in [0.3, 0.4) is 0 Å². The Kier molecular flexibility index (Phi) is 4.49. The molecule has 1 rings (SSSR count). The third-order valence-electron chi connectivity index (χ3n) is 2.49. The Bertz CT molecular complexity index is 431. The quantitative estimate of drug-likeness (QED) is 0.692. The lowest BCUT2D eigenvalue weighted by Gasteiger charge is -2.27. The van der Waals surface area contributed by atoms with E-state index in [4.69, 9.17) is 6.11 Å². The molecule has 0 aliphatic rings. The summed E-state index contributed by atoms with van der Waals surface area (Å²) in [6, 6.07) is 6.02. The van der Waals surface area contributed by atoms with E-state index < -0.39 is 23.3 Å². The first kappa shape index (κ1) is 13.2. The Hall–Kier alpha value is -1.20. The van der Waals surface area contributed by atoms with Crippen molar-refractivity contribution < 1.29 is 16.0 Å². The number of hydrogen-bond donors (Lipinski definition) is 3. The molecule has 0 saturated carbocycles. The standard InChI is InChI=1S/C13H19NO3S/c1-13(2,18)11(12(15)16)14-8-9-4-6-10(17-3)7-5-9/h4-7,11,14,18H,8H2,1-3H3,(H,15,16)/t11-/m1/s1/i8D/t8?,11-. The molecule has 2 atom stereocenters. The average molecular weight is 270 g/mol. The Morgan fingerprint density at radius 2 is 2.11 bits per heavy atom. The van der Waals surface area contributed by atoms with Gasteiger partial charge in [-0.3, -0.25) is 10.1 Å². The third kappa shape index (κ3) is 4.23. The number of benzene rings is 1. The van der Waals surface area contributed by atoms with Gasteiger partial charge in [-0.25, -0.2) is 0 Å². The van der Waals surface area contributed by atoms with Crippen molar-refractivity contribution in [3.8, 4) is 5.75 Å². The van der Waals surface area contributed by atoms with Gasteiger partial charge >= 0.3 is 5.97 Å². The Labute approximate surface area is 114 Å². The summed E-state index contributed by atoms with van der Waals surface area (Å²) < 4.78 is 12.3. The summed E-state index contributed by atoms with van der Waals surface area (Å²) in [6.07, 6.45) is 0. The maximum atomic E-state index is 11.2. The summed E-state index contributed by atoms with van der Waals surface area (Å²) in [5, 5.41) is 11.9. The van der Waals surface area contributed by atoms with Crippen LogP contribution >= 0.6 is 12.6 Å². The van der Waals surface area contributed by atoms with Crippen molar-refractivity contribution in [1.82, 2.24) is 5.32 Å². The number of carboxylic acid groups (broad SMARTS) is 1. The van der Waals surface area contributed by atoms with Crippen LogP contribution in [0.1, 0.15) is 20.8 Å². The number of methoxy groups -OCH3 is 1. The van der Waals surface area contributed by atoms with Gasteiger partial charge in [-0.15, -0.1) is 0 Å². The Morgan fingerprint density at radius 3 is 2.50 bits per heavy atom. The molecule has 5 heteroatoms. The van der Waals surface area contributed by atoms with Gasteiger partial charge in [0.15, 0.2) is 0 Å². The molecule has 0 aromatic heterocycles. The minimum atomic E-state index is -1.02. The summed E-state index contributed by atoms with van der Waals surface area (Å²) in [6.45, 7) is 2.56. The first-order valence-corrected chi connectivity index (χ1v) is 5.98. The van der Waals surface area contributed by atoms with E-state index in [9.17, 15) is 9.90 Å². The molecule has 0 bridgehead atoms. The van der Waals surface area contributed by atoms with Gasteiger partial charge in [0.05, 0.1) is 7.11 Å². The van der Waals surface area contributed by atoms with Crippen LogP contribution in [0.25, 0.3) is 0 Å². The highest BCUT2D eigenvalue weighted by atomic mass is 32.1. The number of aliphatic carboxylic acids is 1. The number of hydrogen-bond acceptors (Lipinski definition) is 4. The number of rotatable bonds is 6. The van der Waals surface area contributed by atoms with E-state index in [1.807, 2.05) is 0 Å². The van der Waals surface area contributed by atoms with Crippen LogP contribution in [-0.2, 0) is 11.3 Å². The van der Waals surface area contributed by atoms with E-state index in [-0.39, 0.29) is 0 Å². The number of nitrogens with one attached hydrogen (secondary N) is 1. The smallest absolute Gasteiger partial charge is 0.322 e. The second-order valence-corrected chi connectivity index (χ2v) is 5.66. The maximum absolute atomic E-state index is 11.2. The van der Waals surface area contributed by atoms with Gasteiger partial charge in [0.25, 0.3) is 0 Å². The van der Waals surface area contributed by atoms with Crippen molar-refractivity contribution in [3.63, 3.8) is 0 Å². The van der Waals surface area contributed by atoms with Crippen LogP contribution in [0.5, 0.6) is 5.75 Å². The van der Waals surface area contributed by atoms with Gasteiger partial charge in [-0.2, -0.15) is 12.6 Å². The van der Waals surface area contributed by atoms with Gasteiger partial charge in [0.1, 0.15) is 11.8 Å². The zero-order valence-electron chi connectivity index (χ0n) is 11.7. The molecule has 0 amide bonds. The predicted molar refractivity (Wildman–Crippen MR) is 74.3 cm³/mol. The van der Waals surface area contributed by atoms with Crippen LogP contribution in [0.15, 0.2) is 24.3 Å². The molecule has 18 heavy (non-hydrogen) atoms. The van der Waals surface area contributed by atoms with E-state index in [0.29, 0.717) is 11.3 Å². The van der Waals surface area contributed by atoms with Crippen molar-refractivity contribution >= 4 is 18.6 Å². The van der Waals surface area contributed by atoms with E-state index in [0.717, 1.165) is 0 Å². The molecule has 0 radical (unpaired) electrons. The van der Waals surface area contributed by atoms with Crippen molar-refractivity contribution in [2.75, 3.05) is 7.11 Å². The predicted octanol–water partition coefficient (Wildman–Crippen LogP) is 1.95. The Morgan fingerprint density at radius 1 is 1.56 bits per heavy atom. The molecule has 0 spiro atoms. The molecule has 0 heterocycles. The Balaban J connectivity index is 2.81. The second-order valence-electron chi connectivity index (χ2n) is 4.51. The molecule has 1 aromatic carbocycles. The van der Waals surface area contributed by atoms with Gasteiger partial charge in [0.2, 0.25) is 0 Å². The van der Waals surface area contributed by atoms with Gasteiger partial charge < -0.3 is 9.84 Å². The van der Waals surface area contributed by atoms with Gasteiger partial charge in [0, 0.05) is 12.6 Å². The van der Waals surface area contributed by atoms with Crippen LogP contribution < -0.4 is 10.1 Å². The third-order valence-corrected chi connectivity index (χ3v) is 2.74. The highest BCUT2D eigenvalue weighted by Gasteiger charge is 2.31. The van der Waals surface area contributed by atoms with Crippen LogP contribution in [0.2, 0.25) is 0 Å². The molecule has 1 unspecified atom stereocenters. The molecule has 100 valence electrons. The fourth-order valence-corrected chi connectivity index (χ4v) is 1.64. The molecule has 2 N–H and O–H groups in total. The first-order valence-electron chi connectivity index (χ1n) is 6.11. The largest absolute Gasteiger partial charge is 0.497 e. The summed E-state index contributed by atoms with van der Waals surface area (Å²) in [5.41, 5.74) is 0.671. The van der Waals surface area contributed by atoms with Crippen molar-refractivity contribution in [1.29, 1.82) is 0 Å². The van der Waals surface area contributed by atoms with E-state index in [1.165, 1.54) is 0 Å². The van der Waals surface area contributed by atoms with E-state index in [2.05, 4.69) is 17.9 Å². The van der Waals surface area contributed by atoms with Crippen molar-refractivity contribution in [2.24, 2.45) is 0 Å². The monoisotopic (exact) mass is 270 g/mol. The van der Waals surface area contributed by atoms with Crippen LogP contribution in [0.4, 0.5) is 0 Å². The van der Waals surface area contributed by atoms with Gasteiger partial charge in [-0.05, 0) is 31.5 Å². The van der Waals surface area contributed by atoms with Crippen molar-refractivity contribution in [2.45, 2.75) is 31.2 Å². The lowest BCUT2D eigenvalue weighted by molar-refractivity contribution is -0.140. The summed E-state index contributed by atoms with van der Waals surface area (Å²) in [4.78, 5) is 11.2. The zero-order valence-corrected chi connectivity index (χ0v) is 11.6. The van der Waals surface area contributed by atoms with E-state index >= 15 is 0 Å². The number of carbonyl (C=O) groups is 1. The highest BCUT2D eigenvalue weighted by molar-refractivity contribution is 7.81. The lowest BCUT2D eigenvalue weighted by atomic mass is 10.0. The molecule has 0 fully saturated rings. The zero-order chi connectivity index (χ0) is 14.6. The molecule has 1 aromatic rings. The molecule has 4 nitrogen and oxygen atoms in total. The molecular weight excluding hydrogens is 250 g/mol. The SMILES string of the molecule is [2H]C(N[C@H](C(=O)O)C(C)(C)S)c1ccc(OC)cc1. The number of thiol groups is 1. The normalized spacial score (nSPS) is 15.7. The summed E-state index contributed by atoms with van der Waals surface area (Å²) in [7, 11) is 1.56. The fourth-order valence-electron chi connectivity index (χ4n) is 1.46. The van der Waals surface area contributed by atoms with E-state index in [1.54, 1.807) is 45.2 Å². The molecular formula is C13H19NO3S. The number of carboxylic acids is 1. The van der Waals surface area contributed by atoms with Crippen LogP contribution in [0, 0.1) is 0 Å². The molecule has 0 aliphatic heterocycles. The average Bonchev–Trinajstić information content (AvgIpc) is 2.34. The van der Waals surface area contributed by atoms with Crippen molar-refractivity contribution in [3.05, 3.63) is 29.8 Å². The molecule has 0 aliphatic carbocycles. The highest BCUT2D eigenvalue weighted by Crippen LogP contribution is 2.18. The minimum absolute atomic E-state index is 0.671. The topological polar surface area (TPSA) is 58.6 Å². The fraction of sp³-hybridized carbons (Fsp3) is 0.462. The second kappa shape index (κ2) is 6.11. The minimum Gasteiger partial charge on any atom is -0.497 e. The molecule has 0 saturated heterocycles.